The number of likely N-dealkylation sites (N-methyl/N-ethyl adjacent to an activating group) is 1. The third kappa shape index (κ3) is 6.17. The number of halogens is 2. The minimum atomic E-state index is -2.87. The first kappa shape index (κ1) is 16.8. The fraction of sp³-hybridized carbons (Fsp3) is 0.385. The fourth-order valence-corrected chi connectivity index (χ4v) is 1.52. The number of carbonyl (C=O) groups excluding carboxylic acids is 2. The lowest BCUT2D eigenvalue weighted by Crippen LogP contribution is -2.40. The standard InChI is InChI=1S/C13H17F2N3O3/c1-18(12(20)7-17-11(19)6-16)8-9-2-4-10(5-3-9)21-13(14)15/h2-5,13H,6-8,16H2,1H3,(H,17,19). The highest BCUT2D eigenvalue weighted by Gasteiger charge is 2.11. The van der Waals surface area contributed by atoms with E-state index in [1.165, 1.54) is 17.0 Å². The Balaban J connectivity index is 2.48. The predicted molar refractivity (Wildman–Crippen MR) is 71.6 cm³/mol. The first-order chi connectivity index (χ1) is 9.92. The topological polar surface area (TPSA) is 84.7 Å². The maximum Gasteiger partial charge on any atom is 0.387 e. The van der Waals surface area contributed by atoms with Crippen LogP contribution in [0.2, 0.25) is 0 Å². The Labute approximate surface area is 120 Å². The van der Waals surface area contributed by atoms with E-state index in [-0.39, 0.29) is 31.3 Å². The molecule has 116 valence electrons. The molecule has 1 aromatic carbocycles. The molecule has 1 aromatic rings. The molecule has 0 aromatic heterocycles. The molecule has 1 rings (SSSR count). The van der Waals surface area contributed by atoms with Crippen molar-refractivity contribution in [2.24, 2.45) is 5.73 Å². The second kappa shape index (κ2) is 8.15. The van der Waals surface area contributed by atoms with Crippen LogP contribution in [-0.2, 0) is 16.1 Å². The van der Waals surface area contributed by atoms with E-state index >= 15 is 0 Å². The molecule has 6 nitrogen and oxygen atoms in total. The number of hydrogen-bond donors (Lipinski definition) is 2. The minimum absolute atomic E-state index is 0.0536. The number of nitrogens with two attached hydrogens (primary N) is 1. The summed E-state index contributed by atoms with van der Waals surface area (Å²) in [5.74, 6) is -0.645. The fourth-order valence-electron chi connectivity index (χ4n) is 1.52. The van der Waals surface area contributed by atoms with Gasteiger partial charge >= 0.3 is 6.61 Å². The van der Waals surface area contributed by atoms with E-state index in [9.17, 15) is 18.4 Å². The van der Waals surface area contributed by atoms with Crippen molar-refractivity contribution in [3.63, 3.8) is 0 Å². The van der Waals surface area contributed by atoms with Gasteiger partial charge in [-0.15, -0.1) is 0 Å². The molecule has 0 aliphatic heterocycles. The van der Waals surface area contributed by atoms with Gasteiger partial charge in [0, 0.05) is 13.6 Å². The summed E-state index contributed by atoms with van der Waals surface area (Å²) in [5.41, 5.74) is 5.85. The summed E-state index contributed by atoms with van der Waals surface area (Å²) in [6.07, 6.45) is 0. The van der Waals surface area contributed by atoms with Crippen molar-refractivity contribution in [2.45, 2.75) is 13.2 Å². The Hall–Kier alpha value is -2.22. The highest BCUT2D eigenvalue weighted by molar-refractivity contribution is 5.85. The van der Waals surface area contributed by atoms with E-state index < -0.39 is 12.5 Å². The van der Waals surface area contributed by atoms with E-state index in [0.29, 0.717) is 0 Å². The van der Waals surface area contributed by atoms with Crippen molar-refractivity contribution in [2.75, 3.05) is 20.1 Å². The molecule has 0 unspecified atom stereocenters. The highest BCUT2D eigenvalue weighted by Crippen LogP contribution is 2.15. The number of hydrogen-bond acceptors (Lipinski definition) is 4. The van der Waals surface area contributed by atoms with Crippen molar-refractivity contribution < 1.29 is 23.1 Å². The van der Waals surface area contributed by atoms with Gasteiger partial charge < -0.3 is 20.7 Å². The van der Waals surface area contributed by atoms with Crippen LogP contribution in [0.1, 0.15) is 5.56 Å². The third-order valence-electron chi connectivity index (χ3n) is 2.62. The zero-order chi connectivity index (χ0) is 15.8. The average molecular weight is 301 g/mol. The molecule has 2 amide bonds. The van der Waals surface area contributed by atoms with E-state index in [0.717, 1.165) is 5.56 Å². The number of alkyl halides is 2. The molecule has 0 aliphatic rings. The lowest BCUT2D eigenvalue weighted by molar-refractivity contribution is -0.131. The summed E-state index contributed by atoms with van der Waals surface area (Å²) in [6.45, 7) is -2.90. The molecule has 8 heteroatoms. The van der Waals surface area contributed by atoms with Crippen LogP contribution >= 0.6 is 0 Å². The molecule has 0 saturated carbocycles. The normalized spacial score (nSPS) is 10.3. The van der Waals surface area contributed by atoms with Crippen molar-refractivity contribution in [1.82, 2.24) is 10.2 Å². The number of nitrogens with one attached hydrogen (secondary N) is 1. The average Bonchev–Trinajstić information content (AvgIpc) is 2.45. The maximum atomic E-state index is 12.0. The molecule has 3 N–H and O–H groups in total. The molecule has 0 spiro atoms. The zero-order valence-corrected chi connectivity index (χ0v) is 11.5. The minimum Gasteiger partial charge on any atom is -0.435 e. The van der Waals surface area contributed by atoms with Crippen molar-refractivity contribution in [3.8, 4) is 5.75 Å². The second-order valence-corrected chi connectivity index (χ2v) is 4.25. The number of ether oxygens (including phenoxy) is 1. The van der Waals surface area contributed by atoms with Gasteiger partial charge in [0.1, 0.15) is 5.75 Å². The molecule has 0 bridgehead atoms. The SMILES string of the molecule is CN(Cc1ccc(OC(F)F)cc1)C(=O)CNC(=O)CN. The smallest absolute Gasteiger partial charge is 0.387 e. The number of amides is 2. The Kier molecular flexibility index (Phi) is 6.54. The van der Waals surface area contributed by atoms with Crippen LogP contribution in [0.3, 0.4) is 0 Å². The van der Waals surface area contributed by atoms with Gasteiger partial charge in [0.05, 0.1) is 13.1 Å². The van der Waals surface area contributed by atoms with Gasteiger partial charge in [0.15, 0.2) is 0 Å². The van der Waals surface area contributed by atoms with E-state index in [4.69, 9.17) is 5.73 Å². The van der Waals surface area contributed by atoms with Gasteiger partial charge in [-0.05, 0) is 17.7 Å². The molecular weight excluding hydrogens is 284 g/mol. The number of benzene rings is 1. The molecule has 0 atom stereocenters. The highest BCUT2D eigenvalue weighted by atomic mass is 19.3. The number of carbonyl (C=O) groups is 2. The third-order valence-corrected chi connectivity index (χ3v) is 2.62. The van der Waals surface area contributed by atoms with Crippen LogP contribution in [-0.4, -0.2) is 43.5 Å². The maximum absolute atomic E-state index is 12.0. The van der Waals surface area contributed by atoms with Crippen molar-refractivity contribution >= 4 is 11.8 Å². The number of rotatable bonds is 7. The van der Waals surface area contributed by atoms with E-state index in [2.05, 4.69) is 10.1 Å². The van der Waals surface area contributed by atoms with E-state index in [1.807, 2.05) is 0 Å². The van der Waals surface area contributed by atoms with Gasteiger partial charge in [0.2, 0.25) is 11.8 Å². The Bertz CT molecular complexity index is 480. The predicted octanol–water partition coefficient (Wildman–Crippen LogP) is 0.321. The summed E-state index contributed by atoms with van der Waals surface area (Å²) in [6, 6.07) is 5.96. The van der Waals surface area contributed by atoms with Gasteiger partial charge in [-0.2, -0.15) is 8.78 Å². The Morgan fingerprint density at radius 3 is 2.48 bits per heavy atom. The van der Waals surface area contributed by atoms with Gasteiger partial charge in [-0.1, -0.05) is 12.1 Å². The summed E-state index contributed by atoms with van der Waals surface area (Å²) >= 11 is 0. The Morgan fingerprint density at radius 2 is 1.95 bits per heavy atom. The van der Waals surface area contributed by atoms with Crippen LogP contribution in [0.5, 0.6) is 5.75 Å². The first-order valence-electron chi connectivity index (χ1n) is 6.17. The van der Waals surface area contributed by atoms with Crippen molar-refractivity contribution in [3.05, 3.63) is 29.8 Å². The lowest BCUT2D eigenvalue weighted by atomic mass is 10.2. The second-order valence-electron chi connectivity index (χ2n) is 4.25. The molecule has 0 heterocycles. The summed E-state index contributed by atoms with van der Waals surface area (Å²) in [5, 5.41) is 2.37. The quantitative estimate of drug-likeness (QED) is 0.759. The Morgan fingerprint density at radius 1 is 1.33 bits per heavy atom. The van der Waals surface area contributed by atoms with Crippen molar-refractivity contribution in [1.29, 1.82) is 0 Å². The van der Waals surface area contributed by atoms with Gasteiger partial charge in [-0.25, -0.2) is 0 Å². The zero-order valence-electron chi connectivity index (χ0n) is 11.5. The monoisotopic (exact) mass is 301 g/mol. The lowest BCUT2D eigenvalue weighted by Gasteiger charge is -2.17. The van der Waals surface area contributed by atoms with Gasteiger partial charge in [-0.3, -0.25) is 9.59 Å². The largest absolute Gasteiger partial charge is 0.435 e. The number of nitrogens with zero attached hydrogens (tertiary/aromatic N) is 1. The molecule has 0 radical (unpaired) electrons. The summed E-state index contributed by atoms with van der Waals surface area (Å²) in [4.78, 5) is 24.1. The van der Waals surface area contributed by atoms with Crippen LogP contribution in [0.25, 0.3) is 0 Å². The van der Waals surface area contributed by atoms with E-state index in [1.54, 1.807) is 19.2 Å². The molecule has 0 aliphatic carbocycles. The van der Waals surface area contributed by atoms with Crippen LogP contribution in [0.15, 0.2) is 24.3 Å². The molecule has 0 saturated heterocycles. The van der Waals surface area contributed by atoms with Crippen LogP contribution in [0.4, 0.5) is 8.78 Å². The molecule has 0 fully saturated rings. The summed E-state index contributed by atoms with van der Waals surface area (Å²) in [7, 11) is 1.57. The van der Waals surface area contributed by atoms with Crippen LogP contribution in [0, 0.1) is 0 Å². The van der Waals surface area contributed by atoms with Gasteiger partial charge in [0.25, 0.3) is 0 Å². The van der Waals surface area contributed by atoms with Crippen LogP contribution < -0.4 is 15.8 Å². The molecular formula is C13H17F2N3O3. The summed E-state index contributed by atoms with van der Waals surface area (Å²) < 4.78 is 28.2. The first-order valence-corrected chi connectivity index (χ1v) is 6.17. The molecule has 21 heavy (non-hydrogen) atoms.